The van der Waals surface area contributed by atoms with E-state index in [0.717, 1.165) is 10.2 Å². The summed E-state index contributed by atoms with van der Waals surface area (Å²) in [4.78, 5) is 11.9. The van der Waals surface area contributed by atoms with Crippen LogP contribution >= 0.6 is 27.7 Å². The summed E-state index contributed by atoms with van der Waals surface area (Å²) in [5.41, 5.74) is 6.77. The number of amides is 1. The molecular weight excluding hydrogens is 288 g/mol. The fourth-order valence-electron chi connectivity index (χ4n) is 1.32. The van der Waals surface area contributed by atoms with E-state index in [-0.39, 0.29) is 11.9 Å². The molecular formula is C11H15BrN2OS. The molecule has 0 saturated heterocycles. The van der Waals surface area contributed by atoms with Crippen LogP contribution in [0.25, 0.3) is 0 Å². The Labute approximate surface area is 108 Å². The highest BCUT2D eigenvalue weighted by Gasteiger charge is 2.12. The highest BCUT2D eigenvalue weighted by molar-refractivity contribution is 9.10. The van der Waals surface area contributed by atoms with Crippen LogP contribution in [0.2, 0.25) is 0 Å². The van der Waals surface area contributed by atoms with Crippen molar-refractivity contribution in [1.29, 1.82) is 0 Å². The Bertz CT molecular complexity index is 384. The molecule has 0 saturated carbocycles. The third kappa shape index (κ3) is 3.72. The van der Waals surface area contributed by atoms with Crippen LogP contribution in [0, 0.1) is 0 Å². The maximum atomic E-state index is 11.9. The molecule has 0 spiro atoms. The first-order chi connectivity index (χ1) is 7.54. The summed E-state index contributed by atoms with van der Waals surface area (Å²) < 4.78 is 0.851. The number of benzene rings is 1. The first-order valence-corrected chi connectivity index (χ1v) is 7.08. The number of carbonyl (C=O) groups excluding carboxylic acids is 1. The van der Waals surface area contributed by atoms with Crippen molar-refractivity contribution in [2.24, 2.45) is 0 Å². The zero-order chi connectivity index (χ0) is 12.1. The highest BCUT2D eigenvalue weighted by atomic mass is 79.9. The Morgan fingerprint density at radius 2 is 2.31 bits per heavy atom. The van der Waals surface area contributed by atoms with Crippen LogP contribution in [-0.4, -0.2) is 24.0 Å². The van der Waals surface area contributed by atoms with E-state index in [2.05, 4.69) is 21.2 Å². The zero-order valence-corrected chi connectivity index (χ0v) is 11.7. The van der Waals surface area contributed by atoms with Gasteiger partial charge in [0.05, 0.1) is 5.56 Å². The molecule has 1 amide bonds. The number of nitrogens with two attached hydrogens (primary N) is 1. The molecule has 1 aromatic carbocycles. The second kappa shape index (κ2) is 6.15. The summed E-state index contributed by atoms with van der Waals surface area (Å²) in [6, 6.07) is 5.41. The second-order valence-corrected chi connectivity index (χ2v) is 5.39. The third-order valence-electron chi connectivity index (χ3n) is 2.05. The van der Waals surface area contributed by atoms with Gasteiger partial charge in [0.25, 0.3) is 5.91 Å². The molecule has 0 radical (unpaired) electrons. The van der Waals surface area contributed by atoms with Crippen molar-refractivity contribution in [3.05, 3.63) is 28.2 Å². The van der Waals surface area contributed by atoms with Crippen molar-refractivity contribution in [3.8, 4) is 0 Å². The monoisotopic (exact) mass is 302 g/mol. The van der Waals surface area contributed by atoms with Crippen molar-refractivity contribution in [1.82, 2.24) is 5.32 Å². The smallest absolute Gasteiger partial charge is 0.253 e. The quantitative estimate of drug-likeness (QED) is 0.840. The average Bonchev–Trinajstić information content (AvgIpc) is 2.21. The molecule has 0 aliphatic heterocycles. The van der Waals surface area contributed by atoms with Gasteiger partial charge in [-0.25, -0.2) is 0 Å². The molecule has 3 N–H and O–H groups in total. The molecule has 5 heteroatoms. The Balaban J connectivity index is 2.76. The molecule has 88 valence electrons. The van der Waals surface area contributed by atoms with Crippen molar-refractivity contribution in [2.75, 3.05) is 17.7 Å². The largest absolute Gasteiger partial charge is 0.398 e. The number of hydrogen-bond acceptors (Lipinski definition) is 3. The second-order valence-electron chi connectivity index (χ2n) is 3.56. The summed E-state index contributed by atoms with van der Waals surface area (Å²) in [6.07, 6.45) is 2.01. The number of hydrogen-bond donors (Lipinski definition) is 2. The van der Waals surface area contributed by atoms with Crippen LogP contribution in [0.1, 0.15) is 17.3 Å². The fourth-order valence-corrected chi connectivity index (χ4v) is 2.26. The van der Waals surface area contributed by atoms with Gasteiger partial charge in [-0.15, -0.1) is 0 Å². The molecule has 0 fully saturated rings. The van der Waals surface area contributed by atoms with E-state index in [9.17, 15) is 4.79 Å². The lowest BCUT2D eigenvalue weighted by molar-refractivity contribution is 0.0944. The van der Waals surface area contributed by atoms with Crippen molar-refractivity contribution in [2.45, 2.75) is 13.0 Å². The van der Waals surface area contributed by atoms with Gasteiger partial charge in [-0.3, -0.25) is 4.79 Å². The fraction of sp³-hybridized carbons (Fsp3) is 0.364. The number of carbonyl (C=O) groups is 1. The number of halogens is 1. The average molecular weight is 303 g/mol. The predicted molar refractivity (Wildman–Crippen MR) is 73.9 cm³/mol. The van der Waals surface area contributed by atoms with E-state index < -0.39 is 0 Å². The molecule has 1 atom stereocenters. The minimum Gasteiger partial charge on any atom is -0.398 e. The van der Waals surface area contributed by atoms with Gasteiger partial charge < -0.3 is 11.1 Å². The predicted octanol–water partition coefficient (Wildman–Crippen LogP) is 2.51. The summed E-state index contributed by atoms with van der Waals surface area (Å²) in [6.45, 7) is 1.97. The molecule has 0 bridgehead atoms. The summed E-state index contributed by atoms with van der Waals surface area (Å²) in [7, 11) is 0. The normalized spacial score (nSPS) is 12.2. The van der Waals surface area contributed by atoms with Gasteiger partial charge in [-0.05, 0) is 31.4 Å². The molecule has 1 rings (SSSR count). The highest BCUT2D eigenvalue weighted by Crippen LogP contribution is 2.18. The molecule has 0 aliphatic rings. The number of anilines is 1. The van der Waals surface area contributed by atoms with Gasteiger partial charge in [-0.2, -0.15) is 11.8 Å². The molecule has 3 nitrogen and oxygen atoms in total. The number of nitrogens with one attached hydrogen (secondary N) is 1. The minimum atomic E-state index is -0.125. The van der Waals surface area contributed by atoms with Gasteiger partial charge in [0.1, 0.15) is 0 Å². The number of nitrogen functional groups attached to an aromatic ring is 1. The van der Waals surface area contributed by atoms with Crippen LogP contribution in [0.15, 0.2) is 22.7 Å². The molecule has 0 aromatic heterocycles. The van der Waals surface area contributed by atoms with Crippen LogP contribution in [0.4, 0.5) is 5.69 Å². The van der Waals surface area contributed by atoms with Gasteiger partial charge in [0, 0.05) is 22.0 Å². The maximum absolute atomic E-state index is 11.9. The molecule has 1 unspecified atom stereocenters. The van der Waals surface area contributed by atoms with E-state index in [1.54, 1.807) is 23.9 Å². The summed E-state index contributed by atoms with van der Waals surface area (Å²) in [5.74, 6) is 0.764. The Kier molecular flexibility index (Phi) is 5.15. The number of rotatable bonds is 4. The molecule has 0 heterocycles. The lowest BCUT2D eigenvalue weighted by Crippen LogP contribution is -2.34. The van der Waals surface area contributed by atoms with Crippen LogP contribution in [-0.2, 0) is 0 Å². The van der Waals surface area contributed by atoms with Crippen LogP contribution < -0.4 is 11.1 Å². The first-order valence-electron chi connectivity index (χ1n) is 4.89. The van der Waals surface area contributed by atoms with Crippen molar-refractivity contribution < 1.29 is 4.79 Å². The van der Waals surface area contributed by atoms with E-state index in [0.29, 0.717) is 11.3 Å². The molecule has 0 aliphatic carbocycles. The van der Waals surface area contributed by atoms with Crippen molar-refractivity contribution >= 4 is 39.3 Å². The van der Waals surface area contributed by atoms with Gasteiger partial charge >= 0.3 is 0 Å². The van der Waals surface area contributed by atoms with Gasteiger partial charge in [0.2, 0.25) is 0 Å². The standard InChI is InChI=1S/C11H15BrN2OS/c1-7(6-16-2)14-11(15)9-5-8(12)3-4-10(9)13/h3-5,7H,6,13H2,1-2H3,(H,14,15). The van der Waals surface area contributed by atoms with Crippen LogP contribution in [0.5, 0.6) is 0 Å². The Morgan fingerprint density at radius 1 is 1.62 bits per heavy atom. The lowest BCUT2D eigenvalue weighted by Gasteiger charge is -2.13. The summed E-state index contributed by atoms with van der Waals surface area (Å²) in [5, 5.41) is 2.90. The Hall–Kier alpha value is -0.680. The zero-order valence-electron chi connectivity index (χ0n) is 9.29. The maximum Gasteiger partial charge on any atom is 0.253 e. The number of thioether (sulfide) groups is 1. The first kappa shape index (κ1) is 13.4. The SMILES string of the molecule is CSCC(C)NC(=O)c1cc(Br)ccc1N. The molecule has 16 heavy (non-hydrogen) atoms. The third-order valence-corrected chi connectivity index (χ3v) is 3.38. The lowest BCUT2D eigenvalue weighted by atomic mass is 10.1. The van der Waals surface area contributed by atoms with E-state index >= 15 is 0 Å². The Morgan fingerprint density at radius 3 is 2.94 bits per heavy atom. The van der Waals surface area contributed by atoms with Gasteiger partial charge in [0.15, 0.2) is 0 Å². The minimum absolute atomic E-state index is 0.125. The summed E-state index contributed by atoms with van der Waals surface area (Å²) >= 11 is 5.02. The van der Waals surface area contributed by atoms with E-state index in [1.165, 1.54) is 0 Å². The van der Waals surface area contributed by atoms with Crippen molar-refractivity contribution in [3.63, 3.8) is 0 Å². The van der Waals surface area contributed by atoms with E-state index in [1.807, 2.05) is 19.2 Å². The van der Waals surface area contributed by atoms with Gasteiger partial charge in [-0.1, -0.05) is 15.9 Å². The van der Waals surface area contributed by atoms with E-state index in [4.69, 9.17) is 5.73 Å². The topological polar surface area (TPSA) is 55.1 Å². The van der Waals surface area contributed by atoms with Crippen LogP contribution in [0.3, 0.4) is 0 Å². The molecule has 1 aromatic rings.